The van der Waals surface area contributed by atoms with Gasteiger partial charge in [-0.15, -0.1) is 0 Å². The van der Waals surface area contributed by atoms with Crippen molar-refractivity contribution < 1.29 is 9.90 Å². The molecule has 6 nitrogen and oxygen atoms in total. The molecule has 1 aromatic carbocycles. The fourth-order valence-corrected chi connectivity index (χ4v) is 1.96. The summed E-state index contributed by atoms with van der Waals surface area (Å²) >= 11 is 1.54. The number of carboxylic acids is 1. The predicted octanol–water partition coefficient (Wildman–Crippen LogP) is 0.730. The summed E-state index contributed by atoms with van der Waals surface area (Å²) in [5.41, 5.74) is 8.62. The van der Waals surface area contributed by atoms with E-state index in [1.807, 2.05) is 31.3 Å². The van der Waals surface area contributed by atoms with Gasteiger partial charge >= 0.3 is 5.97 Å². The van der Waals surface area contributed by atoms with Crippen molar-refractivity contribution >= 4 is 17.9 Å². The third-order valence-corrected chi connectivity index (χ3v) is 3.17. The number of allylic oxidation sites excluding steroid dienone is 2. The average Bonchev–Trinajstić information content (AvgIpc) is 2.45. The summed E-state index contributed by atoms with van der Waals surface area (Å²) in [5.74, 6) is 4.02. The third-order valence-electron chi connectivity index (χ3n) is 2.46. The number of hydrogen-bond acceptors (Lipinski definition) is 6. The molecule has 7 N–H and O–H groups in total. The van der Waals surface area contributed by atoms with Gasteiger partial charge in [-0.3, -0.25) is 10.6 Å². The molecule has 0 radical (unpaired) electrons. The first-order chi connectivity index (χ1) is 9.58. The van der Waals surface area contributed by atoms with Gasteiger partial charge in [-0.05, 0) is 49.2 Å². The molecule has 7 heteroatoms. The topological polar surface area (TPSA) is 113 Å². The van der Waals surface area contributed by atoms with Gasteiger partial charge in [-0.1, -0.05) is 18.2 Å². The summed E-state index contributed by atoms with van der Waals surface area (Å²) in [4.78, 5) is 11.8. The lowest BCUT2D eigenvalue weighted by molar-refractivity contribution is -0.132. The van der Waals surface area contributed by atoms with Crippen LogP contribution >= 0.6 is 11.9 Å². The molecule has 1 aromatic rings. The van der Waals surface area contributed by atoms with Crippen LogP contribution in [0.4, 0.5) is 0 Å². The van der Waals surface area contributed by atoms with Gasteiger partial charge in [0.05, 0.1) is 5.70 Å². The van der Waals surface area contributed by atoms with Crippen LogP contribution < -0.4 is 21.7 Å². The van der Waals surface area contributed by atoms with Crippen molar-refractivity contribution in [1.82, 2.24) is 10.1 Å². The number of carbonyl (C=O) groups is 1. The molecule has 0 spiro atoms. The number of hydrogen-bond donors (Lipinski definition) is 5. The average molecular weight is 294 g/mol. The van der Waals surface area contributed by atoms with Gasteiger partial charge in [0.25, 0.3) is 0 Å². The van der Waals surface area contributed by atoms with E-state index in [1.165, 1.54) is 11.9 Å². The van der Waals surface area contributed by atoms with Crippen molar-refractivity contribution in [3.05, 3.63) is 53.4 Å². The minimum absolute atomic E-state index is 0.180. The third kappa shape index (κ3) is 4.96. The fourth-order valence-electron chi connectivity index (χ4n) is 1.46. The van der Waals surface area contributed by atoms with Crippen molar-refractivity contribution in [1.29, 1.82) is 0 Å². The van der Waals surface area contributed by atoms with E-state index in [9.17, 15) is 4.79 Å². The second-order valence-corrected chi connectivity index (χ2v) is 4.92. The van der Waals surface area contributed by atoms with E-state index >= 15 is 0 Å². The Morgan fingerprint density at radius 1 is 1.40 bits per heavy atom. The number of benzene rings is 1. The number of nitrogens with two attached hydrogens (primary N) is 2. The first-order valence-corrected chi connectivity index (χ1v) is 6.69. The van der Waals surface area contributed by atoms with Gasteiger partial charge in [0.1, 0.15) is 5.70 Å². The normalized spacial score (nSPS) is 12.3. The molecule has 0 atom stereocenters. The molecule has 0 amide bonds. The van der Waals surface area contributed by atoms with Gasteiger partial charge in [0.2, 0.25) is 0 Å². The largest absolute Gasteiger partial charge is 0.477 e. The lowest BCUT2D eigenvalue weighted by Crippen LogP contribution is -2.26. The number of aliphatic carboxylic acids is 1. The number of hydrazine groups is 1. The summed E-state index contributed by atoms with van der Waals surface area (Å²) in [7, 11) is 1.86. The molecule has 20 heavy (non-hydrogen) atoms. The zero-order valence-corrected chi connectivity index (χ0v) is 11.9. The quantitative estimate of drug-likeness (QED) is 0.166. The molecule has 0 heterocycles. The zero-order chi connectivity index (χ0) is 15.0. The van der Waals surface area contributed by atoms with E-state index in [-0.39, 0.29) is 11.4 Å². The number of nitrogens with one attached hydrogen (secondary N) is 2. The van der Waals surface area contributed by atoms with Crippen molar-refractivity contribution in [3.63, 3.8) is 0 Å². The Morgan fingerprint density at radius 3 is 2.55 bits per heavy atom. The van der Waals surface area contributed by atoms with E-state index in [0.717, 1.165) is 10.5 Å². The highest BCUT2D eigenvalue weighted by atomic mass is 32.2. The SMILES string of the molecule is CNSc1ccc(C/C=C/C(NN)=C(/N)C(=O)O)cc1. The van der Waals surface area contributed by atoms with Gasteiger partial charge < -0.3 is 16.3 Å². The van der Waals surface area contributed by atoms with E-state index in [1.54, 1.807) is 12.2 Å². The number of carboxylic acid groups (broad SMARTS) is 1. The second kappa shape index (κ2) is 8.26. The molecule has 0 saturated heterocycles. The molecule has 0 saturated carbocycles. The Morgan fingerprint density at radius 2 is 2.05 bits per heavy atom. The van der Waals surface area contributed by atoms with Gasteiger partial charge in [0, 0.05) is 4.90 Å². The Hall–Kier alpha value is -1.96. The van der Waals surface area contributed by atoms with Crippen LogP contribution in [0.15, 0.2) is 52.7 Å². The van der Waals surface area contributed by atoms with E-state index in [0.29, 0.717) is 6.42 Å². The fraction of sp³-hybridized carbons (Fsp3) is 0.154. The first-order valence-electron chi connectivity index (χ1n) is 5.87. The van der Waals surface area contributed by atoms with Crippen molar-refractivity contribution in [2.75, 3.05) is 7.05 Å². The van der Waals surface area contributed by atoms with Crippen LogP contribution in [0.25, 0.3) is 0 Å². The molecule has 1 rings (SSSR count). The maximum absolute atomic E-state index is 10.7. The van der Waals surface area contributed by atoms with Crippen LogP contribution in [-0.4, -0.2) is 18.1 Å². The summed E-state index contributed by atoms with van der Waals surface area (Å²) in [6.45, 7) is 0. The van der Waals surface area contributed by atoms with Gasteiger partial charge in [-0.2, -0.15) is 0 Å². The first kappa shape index (κ1) is 16.1. The lowest BCUT2D eigenvalue weighted by atomic mass is 10.1. The Labute approximate surface area is 122 Å². The smallest absolute Gasteiger partial charge is 0.353 e. The Bertz CT molecular complexity index is 512. The molecule has 0 aliphatic carbocycles. The highest BCUT2D eigenvalue weighted by Crippen LogP contribution is 2.15. The summed E-state index contributed by atoms with van der Waals surface area (Å²) in [5, 5.41) is 8.76. The van der Waals surface area contributed by atoms with E-state index in [4.69, 9.17) is 16.7 Å². The minimum Gasteiger partial charge on any atom is -0.477 e. The zero-order valence-electron chi connectivity index (χ0n) is 11.1. The van der Waals surface area contributed by atoms with Gasteiger partial charge in [-0.25, -0.2) is 4.79 Å². The van der Waals surface area contributed by atoms with Crippen LogP contribution in [0.2, 0.25) is 0 Å². The summed E-state index contributed by atoms with van der Waals surface area (Å²) < 4.78 is 3.00. The maximum atomic E-state index is 10.7. The molecular formula is C13H18N4O2S. The van der Waals surface area contributed by atoms with Crippen molar-refractivity contribution in [3.8, 4) is 0 Å². The summed E-state index contributed by atoms with van der Waals surface area (Å²) in [6, 6.07) is 8.02. The Balaban J connectivity index is 2.68. The second-order valence-electron chi connectivity index (χ2n) is 3.83. The number of rotatable bonds is 7. The molecule has 0 aliphatic heterocycles. The van der Waals surface area contributed by atoms with E-state index in [2.05, 4.69) is 10.1 Å². The highest BCUT2D eigenvalue weighted by molar-refractivity contribution is 7.97. The molecule has 0 aliphatic rings. The van der Waals surface area contributed by atoms with E-state index < -0.39 is 5.97 Å². The van der Waals surface area contributed by atoms with Crippen LogP contribution in [-0.2, 0) is 11.2 Å². The monoisotopic (exact) mass is 294 g/mol. The van der Waals surface area contributed by atoms with Crippen LogP contribution in [0.5, 0.6) is 0 Å². The molecule has 108 valence electrons. The molecule has 0 bridgehead atoms. The minimum atomic E-state index is -1.21. The molecule has 0 unspecified atom stereocenters. The predicted molar refractivity (Wildman–Crippen MR) is 80.4 cm³/mol. The maximum Gasteiger partial charge on any atom is 0.353 e. The van der Waals surface area contributed by atoms with Crippen molar-refractivity contribution in [2.24, 2.45) is 11.6 Å². The van der Waals surface area contributed by atoms with Crippen molar-refractivity contribution in [2.45, 2.75) is 11.3 Å². The van der Waals surface area contributed by atoms with Crippen LogP contribution in [0, 0.1) is 0 Å². The lowest BCUT2D eigenvalue weighted by Gasteiger charge is -2.04. The molecule has 0 fully saturated rings. The van der Waals surface area contributed by atoms with Crippen LogP contribution in [0.1, 0.15) is 5.56 Å². The molecular weight excluding hydrogens is 276 g/mol. The Kier molecular flexibility index (Phi) is 6.65. The van der Waals surface area contributed by atoms with Crippen LogP contribution in [0.3, 0.4) is 0 Å². The molecule has 0 aromatic heterocycles. The van der Waals surface area contributed by atoms with Gasteiger partial charge in [0.15, 0.2) is 0 Å². The standard InChI is InChI=1S/C13H18N4O2S/c1-16-20-10-7-5-9(6-8-10)3-2-4-11(17-15)12(14)13(18)19/h2,4-8,16-17H,3,14-15H2,1H3,(H,18,19)/b4-2+,12-11-. The summed E-state index contributed by atoms with van der Waals surface area (Å²) in [6.07, 6.45) is 4.01. The highest BCUT2D eigenvalue weighted by Gasteiger charge is 2.06.